The van der Waals surface area contributed by atoms with Gasteiger partial charge in [0.2, 0.25) is 0 Å². The van der Waals surface area contributed by atoms with E-state index in [0.29, 0.717) is 22.9 Å². The van der Waals surface area contributed by atoms with E-state index in [-0.39, 0.29) is 4.90 Å². The van der Waals surface area contributed by atoms with Crippen molar-refractivity contribution in [2.45, 2.75) is 4.90 Å². The van der Waals surface area contributed by atoms with Gasteiger partial charge >= 0.3 is 0 Å². The van der Waals surface area contributed by atoms with Crippen LogP contribution in [-0.2, 0) is 10.0 Å². The van der Waals surface area contributed by atoms with Gasteiger partial charge in [-0.25, -0.2) is 12.7 Å². The van der Waals surface area contributed by atoms with Crippen molar-refractivity contribution in [2.24, 2.45) is 0 Å². The second-order valence-electron chi connectivity index (χ2n) is 5.48. The molecule has 0 aromatic heterocycles. The quantitative estimate of drug-likeness (QED) is 0.652. The summed E-state index contributed by atoms with van der Waals surface area (Å²) in [5, 5.41) is 0. The van der Waals surface area contributed by atoms with Crippen LogP contribution in [0, 0.1) is 0 Å². The average molecular weight is 369 g/mol. The number of benzene rings is 3. The van der Waals surface area contributed by atoms with Gasteiger partial charge in [-0.15, -0.1) is 0 Å². The summed E-state index contributed by atoms with van der Waals surface area (Å²) in [6.45, 7) is 0. The molecule has 26 heavy (non-hydrogen) atoms. The Balaban J connectivity index is 2.14. The highest BCUT2D eigenvalue weighted by molar-refractivity contribution is 7.93. The van der Waals surface area contributed by atoms with E-state index in [0.717, 1.165) is 0 Å². The molecule has 0 aliphatic carbocycles. The molecule has 3 aromatic carbocycles. The van der Waals surface area contributed by atoms with Gasteiger partial charge in [-0.05, 0) is 60.7 Å². The first-order valence-electron chi connectivity index (χ1n) is 7.95. The predicted octanol–water partition coefficient (Wildman–Crippen LogP) is 4.23. The zero-order valence-electron chi connectivity index (χ0n) is 14.5. The molecule has 0 aliphatic rings. The van der Waals surface area contributed by atoms with E-state index in [1.165, 1.54) is 4.31 Å². The molecule has 0 saturated carbocycles. The van der Waals surface area contributed by atoms with Crippen molar-refractivity contribution >= 4 is 21.4 Å². The Bertz CT molecular complexity index is 905. The number of hydrogen-bond acceptors (Lipinski definition) is 4. The number of rotatable bonds is 6. The third-order valence-electron chi connectivity index (χ3n) is 3.90. The van der Waals surface area contributed by atoms with E-state index >= 15 is 0 Å². The minimum atomic E-state index is -3.79. The summed E-state index contributed by atoms with van der Waals surface area (Å²) in [4.78, 5) is 0.214. The lowest BCUT2D eigenvalue weighted by molar-refractivity contribution is 0.415. The second-order valence-corrected chi connectivity index (χ2v) is 7.27. The van der Waals surface area contributed by atoms with Gasteiger partial charge in [0.25, 0.3) is 10.0 Å². The van der Waals surface area contributed by atoms with Gasteiger partial charge in [0.1, 0.15) is 11.5 Å². The number of nitrogens with zero attached hydrogens (tertiary/aromatic N) is 1. The minimum absolute atomic E-state index is 0.214. The summed E-state index contributed by atoms with van der Waals surface area (Å²) in [6.07, 6.45) is 0. The molecular weight excluding hydrogens is 350 g/mol. The van der Waals surface area contributed by atoms with Gasteiger partial charge < -0.3 is 9.47 Å². The summed E-state index contributed by atoms with van der Waals surface area (Å²) in [5.74, 6) is 1.31. The second kappa shape index (κ2) is 7.49. The van der Waals surface area contributed by atoms with Crippen LogP contribution in [0.3, 0.4) is 0 Å². The molecule has 0 radical (unpaired) electrons. The molecule has 0 unspecified atom stereocenters. The van der Waals surface area contributed by atoms with Gasteiger partial charge in [-0.3, -0.25) is 0 Å². The average Bonchev–Trinajstić information content (AvgIpc) is 2.70. The molecule has 0 fully saturated rings. The van der Waals surface area contributed by atoms with Crippen LogP contribution >= 0.6 is 0 Å². The van der Waals surface area contributed by atoms with Crippen molar-refractivity contribution < 1.29 is 17.9 Å². The molecule has 0 N–H and O–H groups in total. The lowest BCUT2D eigenvalue weighted by Crippen LogP contribution is -2.26. The molecule has 0 saturated heterocycles. The van der Waals surface area contributed by atoms with Crippen molar-refractivity contribution in [1.82, 2.24) is 0 Å². The highest BCUT2D eigenvalue weighted by Gasteiger charge is 2.26. The van der Waals surface area contributed by atoms with Crippen molar-refractivity contribution in [1.29, 1.82) is 0 Å². The van der Waals surface area contributed by atoms with Crippen LogP contribution in [0.25, 0.3) is 0 Å². The number of hydrogen-bond donors (Lipinski definition) is 0. The van der Waals surface area contributed by atoms with E-state index in [1.807, 2.05) is 0 Å². The molecule has 0 atom stereocenters. The van der Waals surface area contributed by atoms with Gasteiger partial charge in [-0.2, -0.15) is 0 Å². The van der Waals surface area contributed by atoms with Crippen LogP contribution in [-0.4, -0.2) is 22.6 Å². The standard InChI is InChI=1S/C20H19NO4S/c1-24-18-12-8-16(9-13-18)21(17-10-14-19(25-2)15-11-17)26(22,23)20-6-4-3-5-7-20/h3-15H,1-2H3. The minimum Gasteiger partial charge on any atom is -0.497 e. The number of methoxy groups -OCH3 is 2. The van der Waals surface area contributed by atoms with Crippen molar-refractivity contribution in [3.8, 4) is 11.5 Å². The van der Waals surface area contributed by atoms with E-state index < -0.39 is 10.0 Å². The Morgan fingerprint density at radius 2 is 1.08 bits per heavy atom. The normalized spacial score (nSPS) is 11.0. The van der Waals surface area contributed by atoms with Crippen LogP contribution in [0.15, 0.2) is 83.8 Å². The molecule has 0 amide bonds. The Morgan fingerprint density at radius 1 is 0.654 bits per heavy atom. The number of ether oxygens (including phenoxy) is 2. The van der Waals surface area contributed by atoms with Crippen molar-refractivity contribution in [2.75, 3.05) is 18.5 Å². The van der Waals surface area contributed by atoms with Crippen LogP contribution in [0.4, 0.5) is 11.4 Å². The molecular formula is C20H19NO4S. The first-order chi connectivity index (χ1) is 12.6. The third-order valence-corrected chi connectivity index (χ3v) is 5.67. The fraction of sp³-hybridized carbons (Fsp3) is 0.100. The Hall–Kier alpha value is -2.99. The van der Waals surface area contributed by atoms with E-state index in [2.05, 4.69) is 0 Å². The zero-order chi connectivity index (χ0) is 18.6. The summed E-state index contributed by atoms with van der Waals surface area (Å²) < 4.78 is 38.3. The van der Waals surface area contributed by atoms with Gasteiger partial charge in [0, 0.05) is 0 Å². The molecule has 0 heterocycles. The topological polar surface area (TPSA) is 55.8 Å². The van der Waals surface area contributed by atoms with Gasteiger partial charge in [0.05, 0.1) is 30.5 Å². The van der Waals surface area contributed by atoms with E-state index in [4.69, 9.17) is 9.47 Å². The molecule has 0 aliphatic heterocycles. The molecule has 134 valence electrons. The Morgan fingerprint density at radius 3 is 1.46 bits per heavy atom. The van der Waals surface area contributed by atoms with Crippen LogP contribution < -0.4 is 13.8 Å². The molecule has 0 spiro atoms. The molecule has 3 rings (SSSR count). The fourth-order valence-corrected chi connectivity index (χ4v) is 4.07. The first kappa shape index (κ1) is 17.8. The lowest BCUT2D eigenvalue weighted by atomic mass is 10.2. The largest absolute Gasteiger partial charge is 0.497 e. The molecule has 5 nitrogen and oxygen atoms in total. The van der Waals surface area contributed by atoms with Crippen LogP contribution in [0.5, 0.6) is 11.5 Å². The van der Waals surface area contributed by atoms with Gasteiger partial charge in [0.15, 0.2) is 0 Å². The van der Waals surface area contributed by atoms with E-state index in [9.17, 15) is 8.42 Å². The number of anilines is 2. The van der Waals surface area contributed by atoms with Crippen molar-refractivity contribution in [3.05, 3.63) is 78.9 Å². The predicted molar refractivity (Wildman–Crippen MR) is 102 cm³/mol. The SMILES string of the molecule is COc1ccc(N(c2ccc(OC)cc2)S(=O)(=O)c2ccccc2)cc1. The monoisotopic (exact) mass is 369 g/mol. The maximum atomic E-state index is 13.3. The van der Waals surface area contributed by atoms with E-state index in [1.54, 1.807) is 93.1 Å². The molecule has 6 heteroatoms. The lowest BCUT2D eigenvalue weighted by Gasteiger charge is -2.25. The highest BCUT2D eigenvalue weighted by Crippen LogP contribution is 2.34. The highest BCUT2D eigenvalue weighted by atomic mass is 32.2. The molecule has 3 aromatic rings. The maximum absolute atomic E-state index is 13.3. The molecule has 0 bridgehead atoms. The van der Waals surface area contributed by atoms with Gasteiger partial charge in [-0.1, -0.05) is 18.2 Å². The maximum Gasteiger partial charge on any atom is 0.268 e. The Labute approximate surface area is 153 Å². The number of sulfonamides is 1. The summed E-state index contributed by atoms with van der Waals surface area (Å²) in [7, 11) is -0.662. The van der Waals surface area contributed by atoms with Crippen LogP contribution in [0.2, 0.25) is 0 Å². The summed E-state index contributed by atoms with van der Waals surface area (Å²) >= 11 is 0. The summed E-state index contributed by atoms with van der Waals surface area (Å²) in [6, 6.07) is 22.1. The van der Waals surface area contributed by atoms with Crippen LogP contribution in [0.1, 0.15) is 0 Å². The fourth-order valence-electron chi connectivity index (χ4n) is 2.56. The summed E-state index contributed by atoms with van der Waals surface area (Å²) in [5.41, 5.74) is 1.03. The first-order valence-corrected chi connectivity index (χ1v) is 9.39. The zero-order valence-corrected chi connectivity index (χ0v) is 15.3. The smallest absolute Gasteiger partial charge is 0.268 e. The third kappa shape index (κ3) is 3.50. The Kier molecular flexibility index (Phi) is 5.14. The van der Waals surface area contributed by atoms with Crippen molar-refractivity contribution in [3.63, 3.8) is 0 Å².